The summed E-state index contributed by atoms with van der Waals surface area (Å²) in [6.07, 6.45) is 2.65. The quantitative estimate of drug-likeness (QED) is 0.918. The van der Waals surface area contributed by atoms with E-state index in [9.17, 15) is 5.11 Å². The van der Waals surface area contributed by atoms with Crippen molar-refractivity contribution in [3.63, 3.8) is 0 Å². The van der Waals surface area contributed by atoms with E-state index in [1.807, 2.05) is 29.1 Å². The van der Waals surface area contributed by atoms with Gasteiger partial charge in [-0.3, -0.25) is 9.58 Å². The van der Waals surface area contributed by atoms with Gasteiger partial charge in [0.1, 0.15) is 5.75 Å². The van der Waals surface area contributed by atoms with E-state index >= 15 is 0 Å². The maximum Gasteiger partial charge on any atom is 0.128 e. The number of rotatable bonds is 5. The van der Waals surface area contributed by atoms with Gasteiger partial charge in [0.05, 0.1) is 25.5 Å². The van der Waals surface area contributed by atoms with E-state index in [1.165, 1.54) is 0 Å². The fourth-order valence-electron chi connectivity index (χ4n) is 2.77. The Bertz CT molecular complexity index is 644. The third-order valence-corrected chi connectivity index (χ3v) is 4.21. The molecule has 0 amide bonds. The zero-order chi connectivity index (χ0) is 15.5. The molecule has 1 unspecified atom stereocenters. The molecule has 1 aliphatic rings. The van der Waals surface area contributed by atoms with Crippen molar-refractivity contribution < 1.29 is 9.84 Å². The molecular weight excluding hydrogens is 302 g/mol. The number of nitrogens with zero attached hydrogens (tertiary/aromatic N) is 3. The molecule has 1 aromatic carbocycles. The number of hydrogen-bond donors (Lipinski definition) is 1. The topological polar surface area (TPSA) is 50.5 Å². The van der Waals surface area contributed by atoms with Gasteiger partial charge in [-0.25, -0.2) is 0 Å². The molecule has 1 N–H and O–H groups in total. The standard InChI is InChI=1S/C16H20ClN3O2/c1-22-16-3-2-12(17)10-14(16)15-5-7-20(18-15)9-8-19-6-4-13(21)11-19/h2-3,5,7,10,13,21H,4,6,8-9,11H2,1H3. The molecule has 3 rings (SSSR count). The summed E-state index contributed by atoms with van der Waals surface area (Å²) in [5, 5.41) is 14.8. The summed E-state index contributed by atoms with van der Waals surface area (Å²) in [6, 6.07) is 7.48. The number of benzene rings is 1. The lowest BCUT2D eigenvalue weighted by molar-refractivity contribution is 0.174. The summed E-state index contributed by atoms with van der Waals surface area (Å²) >= 11 is 6.07. The zero-order valence-corrected chi connectivity index (χ0v) is 13.3. The summed E-state index contributed by atoms with van der Waals surface area (Å²) in [5.41, 5.74) is 1.74. The molecule has 0 radical (unpaired) electrons. The smallest absolute Gasteiger partial charge is 0.128 e. The monoisotopic (exact) mass is 321 g/mol. The van der Waals surface area contributed by atoms with Crippen molar-refractivity contribution in [1.82, 2.24) is 14.7 Å². The Hall–Kier alpha value is -1.56. The SMILES string of the molecule is COc1ccc(Cl)cc1-c1ccn(CCN2CCC(O)C2)n1. The van der Waals surface area contributed by atoms with Gasteiger partial charge in [0.2, 0.25) is 0 Å². The molecule has 1 atom stereocenters. The van der Waals surface area contributed by atoms with Crippen molar-refractivity contribution in [2.75, 3.05) is 26.7 Å². The lowest BCUT2D eigenvalue weighted by atomic mass is 10.1. The van der Waals surface area contributed by atoms with E-state index < -0.39 is 0 Å². The molecule has 6 heteroatoms. The van der Waals surface area contributed by atoms with Crippen LogP contribution in [0.25, 0.3) is 11.3 Å². The number of likely N-dealkylation sites (tertiary alicyclic amines) is 1. The van der Waals surface area contributed by atoms with E-state index in [4.69, 9.17) is 16.3 Å². The molecule has 1 saturated heterocycles. The maximum absolute atomic E-state index is 9.54. The molecule has 5 nitrogen and oxygen atoms in total. The molecule has 2 aromatic rings. The average molecular weight is 322 g/mol. The molecule has 0 spiro atoms. The van der Waals surface area contributed by atoms with Crippen LogP contribution in [0.4, 0.5) is 0 Å². The van der Waals surface area contributed by atoms with Gasteiger partial charge in [-0.2, -0.15) is 5.10 Å². The molecular formula is C16H20ClN3O2. The Morgan fingerprint density at radius 1 is 1.36 bits per heavy atom. The van der Waals surface area contributed by atoms with Crippen molar-refractivity contribution in [2.24, 2.45) is 0 Å². The van der Waals surface area contributed by atoms with Crippen LogP contribution in [0.1, 0.15) is 6.42 Å². The molecule has 0 bridgehead atoms. The third-order valence-electron chi connectivity index (χ3n) is 3.97. The van der Waals surface area contributed by atoms with Crippen LogP contribution in [0.5, 0.6) is 5.75 Å². The van der Waals surface area contributed by atoms with Gasteiger partial charge >= 0.3 is 0 Å². The number of aliphatic hydroxyl groups is 1. The number of methoxy groups -OCH3 is 1. The Morgan fingerprint density at radius 3 is 2.95 bits per heavy atom. The summed E-state index contributed by atoms with van der Waals surface area (Å²) in [4.78, 5) is 2.26. The van der Waals surface area contributed by atoms with Crippen LogP contribution in [0.2, 0.25) is 5.02 Å². The number of aliphatic hydroxyl groups excluding tert-OH is 1. The van der Waals surface area contributed by atoms with Crippen molar-refractivity contribution >= 4 is 11.6 Å². The van der Waals surface area contributed by atoms with Gasteiger partial charge < -0.3 is 9.84 Å². The van der Waals surface area contributed by atoms with Gasteiger partial charge in [-0.05, 0) is 30.7 Å². The van der Waals surface area contributed by atoms with Gasteiger partial charge in [0.15, 0.2) is 0 Å². The molecule has 22 heavy (non-hydrogen) atoms. The fourth-order valence-corrected chi connectivity index (χ4v) is 2.94. The number of aromatic nitrogens is 2. The molecule has 1 fully saturated rings. The van der Waals surface area contributed by atoms with Crippen LogP contribution < -0.4 is 4.74 Å². The average Bonchev–Trinajstić information content (AvgIpc) is 3.14. The second-order valence-electron chi connectivity index (χ2n) is 5.55. The van der Waals surface area contributed by atoms with Crippen LogP contribution in [0.15, 0.2) is 30.5 Å². The zero-order valence-electron chi connectivity index (χ0n) is 12.6. The number of halogens is 1. The lowest BCUT2D eigenvalue weighted by Gasteiger charge is -2.14. The Morgan fingerprint density at radius 2 is 2.23 bits per heavy atom. The minimum absolute atomic E-state index is 0.177. The lowest BCUT2D eigenvalue weighted by Crippen LogP contribution is -2.26. The summed E-state index contributed by atoms with van der Waals surface area (Å²) in [5.74, 6) is 0.761. The second-order valence-corrected chi connectivity index (χ2v) is 5.99. The highest BCUT2D eigenvalue weighted by Crippen LogP contribution is 2.31. The van der Waals surface area contributed by atoms with Crippen molar-refractivity contribution in [3.05, 3.63) is 35.5 Å². The number of β-amino-alcohol motifs (C(OH)–C–C–N with tert-alkyl or cyclic N) is 1. The predicted molar refractivity (Wildman–Crippen MR) is 86.3 cm³/mol. The molecule has 118 valence electrons. The largest absolute Gasteiger partial charge is 0.496 e. The summed E-state index contributed by atoms with van der Waals surface area (Å²) in [7, 11) is 1.64. The Labute approximate surface area is 135 Å². The van der Waals surface area contributed by atoms with E-state index in [0.29, 0.717) is 5.02 Å². The molecule has 1 aliphatic heterocycles. The highest BCUT2D eigenvalue weighted by molar-refractivity contribution is 6.30. The molecule has 2 heterocycles. The van der Waals surface area contributed by atoms with Gasteiger partial charge in [0.25, 0.3) is 0 Å². The van der Waals surface area contributed by atoms with Crippen LogP contribution in [-0.2, 0) is 6.54 Å². The van der Waals surface area contributed by atoms with Gasteiger partial charge in [-0.15, -0.1) is 0 Å². The number of hydrogen-bond acceptors (Lipinski definition) is 4. The van der Waals surface area contributed by atoms with Crippen molar-refractivity contribution in [3.8, 4) is 17.0 Å². The summed E-state index contributed by atoms with van der Waals surface area (Å²) in [6.45, 7) is 3.41. The molecule has 1 aromatic heterocycles. The van der Waals surface area contributed by atoms with Crippen LogP contribution >= 0.6 is 11.6 Å². The number of ether oxygens (including phenoxy) is 1. The first-order valence-corrected chi connectivity index (χ1v) is 7.81. The van der Waals surface area contributed by atoms with E-state index in [1.54, 1.807) is 13.2 Å². The fraction of sp³-hybridized carbons (Fsp3) is 0.438. The normalized spacial score (nSPS) is 18.8. The third kappa shape index (κ3) is 3.43. The molecule has 0 saturated carbocycles. The van der Waals surface area contributed by atoms with E-state index in [-0.39, 0.29) is 6.10 Å². The first-order chi connectivity index (χ1) is 10.7. The highest BCUT2D eigenvalue weighted by Gasteiger charge is 2.19. The van der Waals surface area contributed by atoms with Gasteiger partial charge in [-0.1, -0.05) is 11.6 Å². The van der Waals surface area contributed by atoms with Crippen LogP contribution in [-0.4, -0.2) is 52.6 Å². The maximum atomic E-state index is 9.54. The highest BCUT2D eigenvalue weighted by atomic mass is 35.5. The van der Waals surface area contributed by atoms with Crippen molar-refractivity contribution in [2.45, 2.75) is 19.1 Å². The summed E-state index contributed by atoms with van der Waals surface area (Å²) < 4.78 is 7.29. The predicted octanol–water partition coefficient (Wildman–Crippen LogP) is 2.28. The Balaban J connectivity index is 1.69. The first-order valence-electron chi connectivity index (χ1n) is 7.43. The minimum atomic E-state index is -0.177. The van der Waals surface area contributed by atoms with Crippen LogP contribution in [0, 0.1) is 0 Å². The first kappa shape index (κ1) is 15.3. The Kier molecular flexibility index (Phi) is 4.66. The van der Waals surface area contributed by atoms with Gasteiger partial charge in [0, 0.05) is 36.4 Å². The second kappa shape index (κ2) is 6.69. The van der Waals surface area contributed by atoms with E-state index in [2.05, 4.69) is 10.00 Å². The van der Waals surface area contributed by atoms with E-state index in [0.717, 1.165) is 49.6 Å². The molecule has 0 aliphatic carbocycles. The van der Waals surface area contributed by atoms with Crippen molar-refractivity contribution in [1.29, 1.82) is 0 Å². The minimum Gasteiger partial charge on any atom is -0.496 e. The van der Waals surface area contributed by atoms with Crippen LogP contribution in [0.3, 0.4) is 0 Å².